The van der Waals surface area contributed by atoms with E-state index in [9.17, 15) is 12.8 Å². The number of sulfonamides is 1. The summed E-state index contributed by atoms with van der Waals surface area (Å²) >= 11 is 0. The molecule has 1 aliphatic heterocycles. The minimum atomic E-state index is -3.76. The molecule has 2 heterocycles. The number of ether oxygens (including phenoxy) is 2. The van der Waals surface area contributed by atoms with Crippen molar-refractivity contribution in [1.82, 2.24) is 9.71 Å². The summed E-state index contributed by atoms with van der Waals surface area (Å²) in [5.74, 6) is -0.485. The van der Waals surface area contributed by atoms with Crippen molar-refractivity contribution in [2.45, 2.75) is 30.1 Å². The molecule has 1 fully saturated rings. The maximum Gasteiger partial charge on any atom is 0.240 e. The predicted octanol–water partition coefficient (Wildman–Crippen LogP) is 1.87. The van der Waals surface area contributed by atoms with E-state index in [1.165, 1.54) is 12.1 Å². The number of nitrogens with one attached hydrogen (secondary N) is 1. The van der Waals surface area contributed by atoms with Crippen LogP contribution in [-0.4, -0.2) is 38.8 Å². The number of pyridine rings is 1. The Morgan fingerprint density at radius 2 is 2.04 bits per heavy atom. The average molecular weight is 366 g/mol. The van der Waals surface area contributed by atoms with Crippen LogP contribution in [0.15, 0.2) is 53.6 Å². The molecule has 134 valence electrons. The number of hydrogen-bond donors (Lipinski definition) is 1. The molecule has 1 aliphatic rings. The minimum Gasteiger partial charge on any atom is -0.379 e. The molecule has 2 unspecified atom stereocenters. The molecule has 1 N–H and O–H groups in total. The van der Waals surface area contributed by atoms with E-state index in [0.29, 0.717) is 19.6 Å². The molecule has 1 saturated heterocycles. The summed E-state index contributed by atoms with van der Waals surface area (Å²) < 4.78 is 51.8. The molecule has 0 aliphatic carbocycles. The van der Waals surface area contributed by atoms with Crippen molar-refractivity contribution in [3.63, 3.8) is 0 Å². The molecule has 3 rings (SSSR count). The lowest BCUT2D eigenvalue weighted by atomic mass is 10.1. The van der Waals surface area contributed by atoms with Crippen LogP contribution in [0.4, 0.5) is 4.39 Å². The van der Waals surface area contributed by atoms with Crippen molar-refractivity contribution in [1.29, 1.82) is 0 Å². The van der Waals surface area contributed by atoms with Crippen molar-refractivity contribution in [3.8, 4) is 0 Å². The maximum atomic E-state index is 13.0. The Hall–Kier alpha value is -1.87. The van der Waals surface area contributed by atoms with Gasteiger partial charge >= 0.3 is 0 Å². The van der Waals surface area contributed by atoms with Gasteiger partial charge in [-0.3, -0.25) is 4.98 Å². The fourth-order valence-corrected chi connectivity index (χ4v) is 3.87. The summed E-state index contributed by atoms with van der Waals surface area (Å²) in [6, 6.07) is 9.79. The van der Waals surface area contributed by atoms with Gasteiger partial charge < -0.3 is 9.47 Å². The van der Waals surface area contributed by atoms with Crippen LogP contribution >= 0.6 is 0 Å². The van der Waals surface area contributed by atoms with Gasteiger partial charge in [-0.05, 0) is 42.8 Å². The highest BCUT2D eigenvalue weighted by Gasteiger charge is 2.31. The molecule has 0 amide bonds. The van der Waals surface area contributed by atoms with Gasteiger partial charge in [-0.25, -0.2) is 17.5 Å². The van der Waals surface area contributed by atoms with E-state index in [-0.39, 0.29) is 11.5 Å². The van der Waals surface area contributed by atoms with E-state index < -0.39 is 28.0 Å². The van der Waals surface area contributed by atoms with Gasteiger partial charge in [0.05, 0.1) is 35.9 Å². The first-order chi connectivity index (χ1) is 12.0. The highest BCUT2D eigenvalue weighted by atomic mass is 32.2. The van der Waals surface area contributed by atoms with Crippen LogP contribution in [0.1, 0.15) is 12.1 Å². The fraction of sp³-hybridized carbons (Fsp3) is 0.353. The van der Waals surface area contributed by atoms with Gasteiger partial charge in [0, 0.05) is 12.8 Å². The number of halogens is 1. The molecular formula is C17H19FN2O4S. The molecule has 0 radical (unpaired) electrons. The van der Waals surface area contributed by atoms with E-state index >= 15 is 0 Å². The predicted molar refractivity (Wildman–Crippen MR) is 88.8 cm³/mol. The Bertz CT molecular complexity index is 784. The van der Waals surface area contributed by atoms with Crippen LogP contribution in [0.3, 0.4) is 0 Å². The monoisotopic (exact) mass is 366 g/mol. The van der Waals surface area contributed by atoms with Crippen molar-refractivity contribution in [3.05, 3.63) is 60.2 Å². The van der Waals surface area contributed by atoms with Gasteiger partial charge in [0.15, 0.2) is 0 Å². The molecule has 1 aromatic heterocycles. The second-order valence-corrected chi connectivity index (χ2v) is 7.43. The largest absolute Gasteiger partial charge is 0.379 e. The molecule has 0 bridgehead atoms. The van der Waals surface area contributed by atoms with Crippen LogP contribution in [0.5, 0.6) is 0 Å². The molecule has 2 atom stereocenters. The molecule has 1 aromatic carbocycles. The number of aromatic nitrogens is 1. The quantitative estimate of drug-likeness (QED) is 0.845. The lowest BCUT2D eigenvalue weighted by Gasteiger charge is -2.31. The molecule has 0 saturated carbocycles. The van der Waals surface area contributed by atoms with Gasteiger partial charge in [-0.15, -0.1) is 0 Å². The van der Waals surface area contributed by atoms with Gasteiger partial charge in [-0.1, -0.05) is 6.07 Å². The van der Waals surface area contributed by atoms with Gasteiger partial charge in [0.2, 0.25) is 10.0 Å². The van der Waals surface area contributed by atoms with Crippen LogP contribution in [-0.2, 0) is 26.1 Å². The molecule has 6 nitrogen and oxygen atoms in total. The molecule has 0 spiro atoms. The average Bonchev–Trinajstić information content (AvgIpc) is 2.62. The third-order valence-corrected chi connectivity index (χ3v) is 5.41. The van der Waals surface area contributed by atoms with Crippen molar-refractivity contribution in [2.75, 3.05) is 13.2 Å². The normalized spacial score (nSPS) is 21.2. The lowest BCUT2D eigenvalue weighted by molar-refractivity contribution is -0.0718. The smallest absolute Gasteiger partial charge is 0.240 e. The number of nitrogens with zero attached hydrogens (tertiary/aromatic N) is 1. The minimum absolute atomic E-state index is 0.0175. The number of rotatable bonds is 6. The molecule has 8 heteroatoms. The Kier molecular flexibility index (Phi) is 5.74. The molecule has 25 heavy (non-hydrogen) atoms. The summed E-state index contributed by atoms with van der Waals surface area (Å²) in [7, 11) is -3.76. The van der Waals surface area contributed by atoms with Crippen LogP contribution < -0.4 is 4.72 Å². The Morgan fingerprint density at radius 3 is 2.76 bits per heavy atom. The number of hydrogen-bond acceptors (Lipinski definition) is 5. The van der Waals surface area contributed by atoms with Crippen LogP contribution in [0.25, 0.3) is 0 Å². The van der Waals surface area contributed by atoms with Gasteiger partial charge in [-0.2, -0.15) is 0 Å². The first-order valence-corrected chi connectivity index (χ1v) is 9.40. The molecule has 2 aromatic rings. The van der Waals surface area contributed by atoms with Crippen molar-refractivity contribution in [2.24, 2.45) is 0 Å². The third-order valence-electron chi connectivity index (χ3n) is 3.91. The van der Waals surface area contributed by atoms with E-state index in [1.807, 2.05) is 18.2 Å². The zero-order chi connectivity index (χ0) is 17.7. The Labute approximate surface area is 146 Å². The topological polar surface area (TPSA) is 77.5 Å². The van der Waals surface area contributed by atoms with Crippen molar-refractivity contribution >= 4 is 10.0 Å². The van der Waals surface area contributed by atoms with E-state index in [2.05, 4.69) is 9.71 Å². The zero-order valence-corrected chi connectivity index (χ0v) is 14.3. The van der Waals surface area contributed by atoms with Crippen LogP contribution in [0.2, 0.25) is 0 Å². The summed E-state index contributed by atoms with van der Waals surface area (Å²) in [5.41, 5.74) is 0.758. The van der Waals surface area contributed by atoms with E-state index in [0.717, 1.165) is 17.8 Å². The first-order valence-electron chi connectivity index (χ1n) is 7.92. The molecular weight excluding hydrogens is 347 g/mol. The van der Waals surface area contributed by atoms with E-state index in [4.69, 9.17) is 9.47 Å². The summed E-state index contributed by atoms with van der Waals surface area (Å²) in [4.78, 5) is 4.20. The first kappa shape index (κ1) is 17.9. The Morgan fingerprint density at radius 1 is 1.24 bits per heavy atom. The summed E-state index contributed by atoms with van der Waals surface area (Å²) in [6.45, 7) is 1.01. The second-order valence-electron chi connectivity index (χ2n) is 5.72. The van der Waals surface area contributed by atoms with Crippen LogP contribution in [0, 0.1) is 5.82 Å². The zero-order valence-electron chi connectivity index (χ0n) is 13.5. The highest BCUT2D eigenvalue weighted by Crippen LogP contribution is 2.17. The second kappa shape index (κ2) is 8.01. The fourth-order valence-electron chi connectivity index (χ4n) is 2.57. The SMILES string of the molecule is O=S(=O)(NC1CCOCC1OCc1ccccn1)c1ccc(F)cc1. The van der Waals surface area contributed by atoms with Gasteiger partial charge in [0.25, 0.3) is 0 Å². The van der Waals surface area contributed by atoms with E-state index in [1.54, 1.807) is 6.20 Å². The summed E-state index contributed by atoms with van der Waals surface area (Å²) in [5, 5.41) is 0. The Balaban J connectivity index is 1.67. The number of benzene rings is 1. The lowest BCUT2D eigenvalue weighted by Crippen LogP contribution is -2.49. The maximum absolute atomic E-state index is 13.0. The van der Waals surface area contributed by atoms with Gasteiger partial charge in [0.1, 0.15) is 5.82 Å². The third kappa shape index (κ3) is 4.82. The summed E-state index contributed by atoms with van der Waals surface area (Å²) in [6.07, 6.45) is 1.74. The van der Waals surface area contributed by atoms with Crippen molar-refractivity contribution < 1.29 is 22.3 Å². The highest BCUT2D eigenvalue weighted by molar-refractivity contribution is 7.89. The standard InChI is InChI=1S/C17H19FN2O4S/c18-13-4-6-15(7-5-13)25(21,22)20-16-8-10-23-12-17(16)24-11-14-3-1-2-9-19-14/h1-7,9,16-17,20H,8,10-12H2.